The Balaban J connectivity index is 2.14. The van der Waals surface area contributed by atoms with Crippen LogP contribution in [0.3, 0.4) is 0 Å². The van der Waals surface area contributed by atoms with E-state index >= 15 is 0 Å². The summed E-state index contributed by atoms with van der Waals surface area (Å²) in [5.41, 5.74) is 0. The number of halogens is 6. The maximum Gasteiger partial charge on any atom is 0.497 e. The fourth-order valence-corrected chi connectivity index (χ4v) is 4.42. The van der Waals surface area contributed by atoms with Crippen molar-refractivity contribution in [1.29, 1.82) is 0 Å². The summed E-state index contributed by atoms with van der Waals surface area (Å²) in [4.78, 5) is 39.9. The molecule has 0 atom stereocenters. The second-order valence-electron chi connectivity index (χ2n) is 7.02. The summed E-state index contributed by atoms with van der Waals surface area (Å²) >= 11 is 0.318. The molecule has 1 saturated heterocycles. The second-order valence-corrected chi connectivity index (χ2v) is 10.4. The van der Waals surface area contributed by atoms with Crippen LogP contribution in [0.2, 0.25) is 0 Å². The van der Waals surface area contributed by atoms with E-state index in [0.29, 0.717) is 11.3 Å². The summed E-state index contributed by atoms with van der Waals surface area (Å²) in [5.74, 6) is -5.98. The highest BCUT2D eigenvalue weighted by Gasteiger charge is 2.49. The lowest BCUT2D eigenvalue weighted by Gasteiger charge is -2.41. The molecular formula is C16H17F6N2O6S2+. The monoisotopic (exact) mass is 511 g/mol. The van der Waals surface area contributed by atoms with Crippen molar-refractivity contribution in [2.75, 3.05) is 44.7 Å². The Morgan fingerprint density at radius 3 is 2.03 bits per heavy atom. The van der Waals surface area contributed by atoms with Gasteiger partial charge in [0, 0.05) is 6.26 Å². The van der Waals surface area contributed by atoms with Crippen molar-refractivity contribution in [3.05, 3.63) is 21.9 Å². The molecular weight excluding hydrogens is 494 g/mol. The molecule has 0 radical (unpaired) electrons. The number of hydroxylamine groups is 3. The number of quaternary nitrogens is 1. The van der Waals surface area contributed by atoms with E-state index < -0.39 is 61.7 Å². The number of Topliss-reactive ketones (excluding diaryl/α,β-unsaturated/α-hetero) is 1. The van der Waals surface area contributed by atoms with Crippen LogP contribution in [0.5, 0.6) is 0 Å². The van der Waals surface area contributed by atoms with E-state index in [2.05, 4.69) is 4.84 Å². The number of amides is 1. The molecule has 180 valence electrons. The Kier molecular flexibility index (Phi) is 7.31. The number of alkyl halides is 6. The van der Waals surface area contributed by atoms with Crippen LogP contribution in [0, 0.1) is 0 Å². The first-order chi connectivity index (χ1) is 14.4. The molecule has 0 aliphatic carbocycles. The van der Waals surface area contributed by atoms with Crippen LogP contribution in [-0.4, -0.2) is 92.7 Å². The Hall–Kier alpha value is -2.20. The molecule has 0 aromatic carbocycles. The lowest BCUT2D eigenvalue weighted by molar-refractivity contribution is -1.09. The Labute approximate surface area is 181 Å². The van der Waals surface area contributed by atoms with Crippen molar-refractivity contribution in [2.45, 2.75) is 12.4 Å². The van der Waals surface area contributed by atoms with Gasteiger partial charge >= 0.3 is 18.3 Å². The fourth-order valence-electron chi connectivity index (χ4n) is 2.82. The van der Waals surface area contributed by atoms with Crippen LogP contribution >= 0.6 is 11.3 Å². The zero-order chi connectivity index (χ0) is 24.5. The number of hydrogen-bond donors (Lipinski definition) is 0. The van der Waals surface area contributed by atoms with Gasteiger partial charge in [-0.05, 0) is 12.1 Å². The number of sulfone groups is 1. The first-order valence-corrected chi connectivity index (χ1v) is 11.7. The van der Waals surface area contributed by atoms with E-state index in [1.807, 2.05) is 0 Å². The Bertz CT molecular complexity index is 993. The highest BCUT2D eigenvalue weighted by molar-refractivity contribution is 7.90. The van der Waals surface area contributed by atoms with E-state index in [-0.39, 0.29) is 31.1 Å². The highest BCUT2D eigenvalue weighted by atomic mass is 32.2. The van der Waals surface area contributed by atoms with Gasteiger partial charge in [-0.15, -0.1) is 16.0 Å². The zero-order valence-corrected chi connectivity index (χ0v) is 18.0. The smallest absolute Gasteiger partial charge is 0.326 e. The fraction of sp³-hybridized carbons (Fsp3) is 0.562. The van der Waals surface area contributed by atoms with Gasteiger partial charge in [-0.25, -0.2) is 13.2 Å². The van der Waals surface area contributed by atoms with Crippen molar-refractivity contribution in [3.63, 3.8) is 0 Å². The third-order valence-electron chi connectivity index (χ3n) is 4.52. The molecule has 2 rings (SSSR count). The van der Waals surface area contributed by atoms with Gasteiger partial charge in [0.25, 0.3) is 11.7 Å². The van der Waals surface area contributed by atoms with Gasteiger partial charge in [-0.1, -0.05) is 0 Å². The Morgan fingerprint density at radius 2 is 1.56 bits per heavy atom. The van der Waals surface area contributed by atoms with Crippen molar-refractivity contribution in [3.8, 4) is 0 Å². The van der Waals surface area contributed by atoms with Gasteiger partial charge in [0.05, 0.1) is 22.8 Å². The predicted molar refractivity (Wildman–Crippen MR) is 97.3 cm³/mol. The number of ketones is 1. The lowest BCUT2D eigenvalue weighted by Crippen LogP contribution is -2.63. The maximum atomic E-state index is 12.7. The molecule has 16 heteroatoms. The molecule has 1 aliphatic heterocycles. The predicted octanol–water partition coefficient (Wildman–Crippen LogP) is 1.83. The van der Waals surface area contributed by atoms with E-state index in [4.69, 9.17) is 0 Å². The molecule has 8 nitrogen and oxygen atoms in total. The van der Waals surface area contributed by atoms with Crippen LogP contribution in [-0.2, 0) is 19.5 Å². The average Bonchev–Trinajstić information content (AvgIpc) is 3.14. The molecule has 0 N–H and O–H groups in total. The summed E-state index contributed by atoms with van der Waals surface area (Å²) < 4.78 is 97.4. The van der Waals surface area contributed by atoms with E-state index in [0.717, 1.165) is 23.3 Å². The number of rotatable bonds is 6. The molecule has 1 fully saturated rings. The third kappa shape index (κ3) is 6.65. The van der Waals surface area contributed by atoms with Gasteiger partial charge in [0.15, 0.2) is 9.84 Å². The number of thiophene rings is 1. The number of hydrogen-bond acceptors (Lipinski definition) is 7. The topological polar surface area (TPSA) is 97.8 Å². The minimum atomic E-state index is -5.32. The summed E-state index contributed by atoms with van der Waals surface area (Å²) in [7, 11) is -3.61. The lowest BCUT2D eigenvalue weighted by atomic mass is 10.2. The van der Waals surface area contributed by atoms with Gasteiger partial charge in [-0.3, -0.25) is 14.4 Å². The largest absolute Gasteiger partial charge is 0.497 e. The Morgan fingerprint density at radius 1 is 1.03 bits per heavy atom. The van der Waals surface area contributed by atoms with Gasteiger partial charge in [0.1, 0.15) is 25.4 Å². The number of carbonyl (C=O) groups is 3. The first kappa shape index (κ1) is 26.1. The minimum absolute atomic E-state index is 0.193. The van der Waals surface area contributed by atoms with Crippen molar-refractivity contribution in [1.82, 2.24) is 4.90 Å². The second kappa shape index (κ2) is 8.97. The van der Waals surface area contributed by atoms with Crippen LogP contribution in [0.4, 0.5) is 26.3 Å². The third-order valence-corrected chi connectivity index (χ3v) is 6.51. The van der Waals surface area contributed by atoms with Crippen LogP contribution in [0.25, 0.3) is 0 Å². The van der Waals surface area contributed by atoms with Gasteiger partial charge in [-0.2, -0.15) is 26.3 Å². The molecule has 1 aromatic heterocycles. The summed E-state index contributed by atoms with van der Waals surface area (Å²) in [5, 5.41) is 0. The van der Waals surface area contributed by atoms with Crippen LogP contribution < -0.4 is 0 Å². The molecule has 2 heterocycles. The maximum absolute atomic E-state index is 12.7. The molecule has 1 amide bonds. The molecule has 0 bridgehead atoms. The SMILES string of the molecule is CS(=O)(=O)CC[N+]1(OC(=O)C(F)(F)F)CCN(C(=O)c2ccc(C(=O)C(F)(F)F)s2)CC1. The van der Waals surface area contributed by atoms with Crippen molar-refractivity contribution < 1.29 is 58.6 Å². The standard InChI is InChI=1S/C16H17F6N2O6S2/c1-32(28,29)9-8-24(30-14(27)16(20,21)22)6-4-23(5-7-24)13(26)11-3-2-10(31-11)12(25)15(17,18)19/h2-3H,4-9H2,1H3/q+1. The van der Waals surface area contributed by atoms with Crippen molar-refractivity contribution in [2.24, 2.45) is 0 Å². The van der Waals surface area contributed by atoms with E-state index in [1.54, 1.807) is 0 Å². The zero-order valence-electron chi connectivity index (χ0n) is 16.3. The van der Waals surface area contributed by atoms with E-state index in [1.165, 1.54) is 0 Å². The first-order valence-electron chi connectivity index (χ1n) is 8.79. The number of carbonyl (C=O) groups excluding carboxylic acids is 3. The van der Waals surface area contributed by atoms with E-state index in [9.17, 15) is 49.1 Å². The molecule has 1 aromatic rings. The number of piperazine rings is 1. The summed E-state index contributed by atoms with van der Waals surface area (Å²) in [6.07, 6.45) is -9.58. The van der Waals surface area contributed by atoms with Gasteiger partial charge in [0.2, 0.25) is 0 Å². The quantitative estimate of drug-likeness (QED) is 0.329. The highest BCUT2D eigenvalue weighted by Crippen LogP contribution is 2.28. The molecule has 0 spiro atoms. The molecule has 1 aliphatic rings. The van der Waals surface area contributed by atoms with Crippen molar-refractivity contribution >= 4 is 38.8 Å². The summed E-state index contributed by atoms with van der Waals surface area (Å²) in [6, 6.07) is 1.87. The number of nitrogens with zero attached hydrogens (tertiary/aromatic N) is 2. The minimum Gasteiger partial charge on any atom is -0.326 e. The van der Waals surface area contributed by atoms with Crippen LogP contribution in [0.1, 0.15) is 19.3 Å². The average molecular weight is 511 g/mol. The molecule has 0 unspecified atom stereocenters. The van der Waals surface area contributed by atoms with Crippen LogP contribution in [0.15, 0.2) is 12.1 Å². The van der Waals surface area contributed by atoms with Gasteiger partial charge < -0.3 is 4.90 Å². The molecule has 0 saturated carbocycles. The normalized spacial score (nSPS) is 17.2. The summed E-state index contributed by atoms with van der Waals surface area (Å²) in [6.45, 7) is -1.76. The molecule has 32 heavy (non-hydrogen) atoms.